The maximum Gasteiger partial charge on any atom is 0.0322 e. The molecule has 0 aromatic rings. The van der Waals surface area contributed by atoms with Gasteiger partial charge in [0.1, 0.15) is 0 Å². The van der Waals surface area contributed by atoms with Gasteiger partial charge >= 0.3 is 0 Å². The molecule has 0 spiro atoms. The topological polar surface area (TPSA) is 12.0 Å². The van der Waals surface area contributed by atoms with Crippen molar-refractivity contribution in [3.63, 3.8) is 0 Å². The monoisotopic (exact) mass is 127 g/mol. The average Bonchev–Trinajstić information content (AvgIpc) is 1.94. The van der Waals surface area contributed by atoms with Crippen molar-refractivity contribution in [2.45, 2.75) is 20.8 Å². The van der Waals surface area contributed by atoms with Crippen LogP contribution in [0.1, 0.15) is 20.8 Å². The molecule has 0 aliphatic rings. The van der Waals surface area contributed by atoms with Gasteiger partial charge in [-0.1, -0.05) is 26.0 Å². The van der Waals surface area contributed by atoms with Gasteiger partial charge in [-0.2, -0.15) is 0 Å². The molecule has 0 aromatic carbocycles. The van der Waals surface area contributed by atoms with Crippen LogP contribution in [0.2, 0.25) is 0 Å². The Labute approximate surface area is 58.5 Å². The highest BCUT2D eigenvalue weighted by Crippen LogP contribution is 1.62. The molecule has 1 heteroatoms. The van der Waals surface area contributed by atoms with Crippen LogP contribution >= 0.6 is 0 Å². The van der Waals surface area contributed by atoms with Gasteiger partial charge in [-0.25, -0.2) is 0 Å². The van der Waals surface area contributed by atoms with Gasteiger partial charge in [0.25, 0.3) is 0 Å². The van der Waals surface area contributed by atoms with Crippen LogP contribution in [0, 0.1) is 0 Å². The molecule has 0 rings (SSSR count). The Bertz CT molecular complexity index is 65.0. The minimum Gasteiger partial charge on any atom is -0.388 e. The summed E-state index contributed by atoms with van der Waals surface area (Å²) in [5, 5.41) is 2.99. The Hall–Kier alpha value is -0.720. The highest BCUT2D eigenvalue weighted by atomic mass is 14.8. The van der Waals surface area contributed by atoms with Crippen LogP contribution < -0.4 is 5.32 Å². The fourth-order valence-electron chi connectivity index (χ4n) is 0.269. The molecule has 1 nitrogen and oxygen atoms in total. The lowest BCUT2D eigenvalue weighted by Gasteiger charge is -1.87. The molecule has 0 aromatic heterocycles. The first-order chi connectivity index (χ1) is 4.41. The number of hydrogen-bond acceptors (Lipinski definition) is 1. The second-order valence-corrected chi connectivity index (χ2v) is 1.20. The second kappa shape index (κ2) is 15.7. The lowest BCUT2D eigenvalue weighted by atomic mass is 10.6. The molecule has 0 aliphatic heterocycles. The predicted molar refractivity (Wildman–Crippen MR) is 44.4 cm³/mol. The summed E-state index contributed by atoms with van der Waals surface area (Å²) in [4.78, 5) is 0. The van der Waals surface area contributed by atoms with Crippen LogP contribution in [-0.2, 0) is 0 Å². The predicted octanol–water partition coefficient (Wildman–Crippen LogP) is 2.32. The minimum atomic E-state index is 0.852. The Morgan fingerprint density at radius 1 is 1.44 bits per heavy atom. The van der Waals surface area contributed by atoms with E-state index in [0.29, 0.717) is 0 Å². The smallest absolute Gasteiger partial charge is 0.0322 e. The Balaban J connectivity index is 0. The van der Waals surface area contributed by atoms with E-state index in [0.717, 1.165) is 6.54 Å². The van der Waals surface area contributed by atoms with Gasteiger partial charge in [0.15, 0.2) is 0 Å². The van der Waals surface area contributed by atoms with Crippen LogP contribution in [-0.4, -0.2) is 6.54 Å². The third-order valence-electron chi connectivity index (χ3n) is 0.547. The van der Waals surface area contributed by atoms with Gasteiger partial charge in [-0.15, -0.1) is 6.58 Å². The number of allylic oxidation sites excluding steroid dienone is 1. The van der Waals surface area contributed by atoms with Gasteiger partial charge < -0.3 is 5.32 Å². The summed E-state index contributed by atoms with van der Waals surface area (Å²) >= 11 is 0. The van der Waals surface area contributed by atoms with Gasteiger partial charge in [0.2, 0.25) is 0 Å². The lowest BCUT2D eigenvalue weighted by Crippen LogP contribution is -2.01. The molecule has 9 heavy (non-hydrogen) atoms. The Morgan fingerprint density at radius 2 is 2.00 bits per heavy atom. The Morgan fingerprint density at radius 3 is 2.33 bits per heavy atom. The SMILES string of the molecule is C=CCN/C=C\C.CC. The van der Waals surface area contributed by atoms with E-state index in [2.05, 4.69) is 11.9 Å². The van der Waals surface area contributed by atoms with Crippen molar-refractivity contribution in [2.24, 2.45) is 0 Å². The van der Waals surface area contributed by atoms with E-state index < -0.39 is 0 Å². The average molecular weight is 127 g/mol. The number of hydrogen-bond donors (Lipinski definition) is 1. The van der Waals surface area contributed by atoms with Gasteiger partial charge in [-0.3, -0.25) is 0 Å². The molecular formula is C8H17N. The van der Waals surface area contributed by atoms with Crippen molar-refractivity contribution >= 4 is 0 Å². The van der Waals surface area contributed by atoms with Gasteiger partial charge in [0.05, 0.1) is 0 Å². The summed E-state index contributed by atoms with van der Waals surface area (Å²) in [5.41, 5.74) is 0. The van der Waals surface area contributed by atoms with Crippen molar-refractivity contribution < 1.29 is 0 Å². The van der Waals surface area contributed by atoms with E-state index in [1.165, 1.54) is 0 Å². The van der Waals surface area contributed by atoms with Crippen LogP contribution in [0.5, 0.6) is 0 Å². The zero-order valence-corrected chi connectivity index (χ0v) is 6.65. The maximum atomic E-state index is 3.54. The van der Waals surface area contributed by atoms with Crippen LogP contribution in [0.25, 0.3) is 0 Å². The molecule has 0 unspecified atom stereocenters. The van der Waals surface area contributed by atoms with E-state index in [1.54, 1.807) is 0 Å². The highest BCUT2D eigenvalue weighted by Gasteiger charge is 1.62. The summed E-state index contributed by atoms with van der Waals surface area (Å²) in [6.07, 6.45) is 5.66. The summed E-state index contributed by atoms with van der Waals surface area (Å²) in [7, 11) is 0. The first-order valence-electron chi connectivity index (χ1n) is 3.37. The zero-order valence-electron chi connectivity index (χ0n) is 6.65. The van der Waals surface area contributed by atoms with E-state index in [1.807, 2.05) is 39.1 Å². The van der Waals surface area contributed by atoms with E-state index in [-0.39, 0.29) is 0 Å². The van der Waals surface area contributed by atoms with Crippen molar-refractivity contribution in [1.29, 1.82) is 0 Å². The summed E-state index contributed by atoms with van der Waals surface area (Å²) in [6.45, 7) is 10.4. The van der Waals surface area contributed by atoms with Crippen molar-refractivity contribution in [2.75, 3.05) is 6.54 Å². The normalized spacial score (nSPS) is 7.89. The molecule has 1 N–H and O–H groups in total. The molecule has 0 fully saturated rings. The molecule has 0 amide bonds. The fraction of sp³-hybridized carbons (Fsp3) is 0.500. The lowest BCUT2D eigenvalue weighted by molar-refractivity contribution is 0.985. The third kappa shape index (κ3) is 18.9. The standard InChI is InChI=1S/C6H11N.C2H6/c1-3-5-7-6-4-2;1-2/h3-4,6-7H,1,5H2,2H3;1-2H3/b6-4-;. The van der Waals surface area contributed by atoms with E-state index >= 15 is 0 Å². The molecule has 0 heterocycles. The van der Waals surface area contributed by atoms with Crippen molar-refractivity contribution in [3.8, 4) is 0 Å². The van der Waals surface area contributed by atoms with Crippen LogP contribution in [0.3, 0.4) is 0 Å². The third-order valence-corrected chi connectivity index (χ3v) is 0.547. The molecule has 0 bridgehead atoms. The molecule has 0 aliphatic carbocycles. The fourth-order valence-corrected chi connectivity index (χ4v) is 0.269. The van der Waals surface area contributed by atoms with Gasteiger partial charge in [-0.05, 0) is 13.1 Å². The van der Waals surface area contributed by atoms with E-state index in [9.17, 15) is 0 Å². The first-order valence-corrected chi connectivity index (χ1v) is 3.37. The van der Waals surface area contributed by atoms with E-state index in [4.69, 9.17) is 0 Å². The maximum absolute atomic E-state index is 3.54. The summed E-state index contributed by atoms with van der Waals surface area (Å²) in [5.74, 6) is 0. The summed E-state index contributed by atoms with van der Waals surface area (Å²) < 4.78 is 0. The Kier molecular flexibility index (Phi) is 19.4. The number of nitrogens with one attached hydrogen (secondary N) is 1. The van der Waals surface area contributed by atoms with Crippen LogP contribution in [0.4, 0.5) is 0 Å². The minimum absolute atomic E-state index is 0.852. The number of rotatable bonds is 3. The largest absolute Gasteiger partial charge is 0.388 e. The van der Waals surface area contributed by atoms with Crippen LogP contribution in [0.15, 0.2) is 24.9 Å². The molecule has 54 valence electrons. The molecule has 0 radical (unpaired) electrons. The van der Waals surface area contributed by atoms with Gasteiger partial charge in [0, 0.05) is 6.54 Å². The molecular weight excluding hydrogens is 110 g/mol. The molecule has 0 atom stereocenters. The molecule has 0 saturated heterocycles. The highest BCUT2D eigenvalue weighted by molar-refractivity contribution is 4.79. The summed E-state index contributed by atoms with van der Waals surface area (Å²) in [6, 6.07) is 0. The second-order valence-electron chi connectivity index (χ2n) is 1.20. The molecule has 0 saturated carbocycles. The zero-order chi connectivity index (χ0) is 7.54. The quantitative estimate of drug-likeness (QED) is 0.453. The van der Waals surface area contributed by atoms with Crippen molar-refractivity contribution in [1.82, 2.24) is 5.32 Å². The first kappa shape index (κ1) is 11.1. The van der Waals surface area contributed by atoms with Crippen molar-refractivity contribution in [3.05, 3.63) is 24.9 Å².